The van der Waals surface area contributed by atoms with Crippen molar-refractivity contribution < 1.29 is 9.53 Å². The average Bonchev–Trinajstić information content (AvgIpc) is 3.17. The zero-order valence-electron chi connectivity index (χ0n) is 23.6. The Kier molecular flexibility index (Phi) is 7.54. The first-order chi connectivity index (χ1) is 17.6. The number of rotatable bonds is 9. The Balaban J connectivity index is 2.02. The quantitative estimate of drug-likeness (QED) is 0.322. The molecule has 5 heteroatoms. The Labute approximate surface area is 222 Å². The van der Waals surface area contributed by atoms with Crippen molar-refractivity contribution in [3.05, 3.63) is 88.5 Å². The van der Waals surface area contributed by atoms with E-state index in [1.54, 1.807) is 0 Å². The van der Waals surface area contributed by atoms with Crippen molar-refractivity contribution in [1.82, 2.24) is 0 Å². The SMILES string of the molecule is CCN(CC)c1ccc(C2(c3ccc(N(C)C)cc3)OC(=O)c3cc(N(C)C)ccc32)c(CC(C)C)c1. The van der Waals surface area contributed by atoms with Crippen molar-refractivity contribution in [3.63, 3.8) is 0 Å². The lowest BCUT2D eigenvalue weighted by molar-refractivity contribution is 0.0249. The van der Waals surface area contributed by atoms with E-state index in [-0.39, 0.29) is 5.97 Å². The van der Waals surface area contributed by atoms with Gasteiger partial charge in [0.25, 0.3) is 0 Å². The van der Waals surface area contributed by atoms with Gasteiger partial charge >= 0.3 is 5.97 Å². The van der Waals surface area contributed by atoms with Crippen LogP contribution in [0, 0.1) is 5.92 Å². The number of cyclic esters (lactones) is 1. The van der Waals surface area contributed by atoms with Gasteiger partial charge in [0, 0.05) is 75.0 Å². The molecule has 0 N–H and O–H groups in total. The third kappa shape index (κ3) is 4.79. The first kappa shape index (κ1) is 26.6. The molecule has 0 fully saturated rings. The summed E-state index contributed by atoms with van der Waals surface area (Å²) >= 11 is 0. The zero-order valence-corrected chi connectivity index (χ0v) is 23.6. The molecule has 1 unspecified atom stereocenters. The number of nitrogens with zero attached hydrogens (tertiary/aromatic N) is 3. The Bertz CT molecular complexity index is 1260. The number of carbonyl (C=O) groups is 1. The molecule has 3 aromatic rings. The summed E-state index contributed by atoms with van der Waals surface area (Å²) in [6.45, 7) is 10.7. The molecule has 0 amide bonds. The van der Waals surface area contributed by atoms with E-state index in [1.165, 1.54) is 11.3 Å². The number of ether oxygens (including phenoxy) is 1. The number of hydrogen-bond acceptors (Lipinski definition) is 5. The molecule has 4 rings (SSSR count). The van der Waals surface area contributed by atoms with E-state index in [9.17, 15) is 4.79 Å². The van der Waals surface area contributed by atoms with Crippen LogP contribution in [-0.4, -0.2) is 47.2 Å². The maximum absolute atomic E-state index is 13.5. The van der Waals surface area contributed by atoms with Crippen LogP contribution in [-0.2, 0) is 16.8 Å². The zero-order chi connectivity index (χ0) is 26.9. The normalized spacial score (nSPS) is 16.5. The molecule has 1 aliphatic heterocycles. The minimum atomic E-state index is -1.01. The molecule has 0 radical (unpaired) electrons. The maximum Gasteiger partial charge on any atom is 0.340 e. The van der Waals surface area contributed by atoms with Crippen LogP contribution in [0.3, 0.4) is 0 Å². The van der Waals surface area contributed by atoms with Gasteiger partial charge < -0.3 is 19.4 Å². The number of anilines is 3. The molecule has 0 saturated carbocycles. The summed E-state index contributed by atoms with van der Waals surface area (Å²) in [6.07, 6.45) is 0.893. The Morgan fingerprint density at radius 2 is 1.32 bits per heavy atom. The fourth-order valence-corrected chi connectivity index (χ4v) is 5.42. The predicted octanol–water partition coefficient (Wildman–Crippen LogP) is 6.33. The summed E-state index contributed by atoms with van der Waals surface area (Å²) in [6, 6.07) is 21.2. The van der Waals surface area contributed by atoms with Crippen LogP contribution in [0.1, 0.15) is 60.3 Å². The molecule has 3 aromatic carbocycles. The lowest BCUT2D eigenvalue weighted by Crippen LogP contribution is -2.32. The van der Waals surface area contributed by atoms with Crippen molar-refractivity contribution in [2.45, 2.75) is 39.7 Å². The molecular formula is C32H41N3O2. The third-order valence-corrected chi connectivity index (χ3v) is 7.38. The summed E-state index contributed by atoms with van der Waals surface area (Å²) in [4.78, 5) is 20.0. The second-order valence-electron chi connectivity index (χ2n) is 10.7. The standard InChI is InChI=1S/C32H41N3O2/c1-9-35(10-2)27-16-17-29(23(20-27)19-22(3)4)32(24-11-13-25(14-12-24)33(5)6)30-18-15-26(34(7)8)21-28(30)31(36)37-32/h11-18,20-22H,9-10,19H2,1-8H3. The lowest BCUT2D eigenvalue weighted by atomic mass is 9.76. The summed E-state index contributed by atoms with van der Waals surface area (Å²) in [5.41, 5.74) is 7.03. The van der Waals surface area contributed by atoms with E-state index < -0.39 is 5.60 Å². The smallest absolute Gasteiger partial charge is 0.340 e. The highest BCUT2D eigenvalue weighted by Gasteiger charge is 2.49. The van der Waals surface area contributed by atoms with Crippen LogP contribution in [0.25, 0.3) is 0 Å². The van der Waals surface area contributed by atoms with Gasteiger partial charge in [0.2, 0.25) is 0 Å². The fraction of sp³-hybridized carbons (Fsp3) is 0.406. The molecule has 1 aliphatic rings. The average molecular weight is 500 g/mol. The van der Waals surface area contributed by atoms with Crippen LogP contribution in [0.5, 0.6) is 0 Å². The van der Waals surface area contributed by atoms with E-state index in [0.29, 0.717) is 11.5 Å². The van der Waals surface area contributed by atoms with Crippen molar-refractivity contribution >= 4 is 23.0 Å². The topological polar surface area (TPSA) is 36.0 Å². The van der Waals surface area contributed by atoms with Gasteiger partial charge in [-0.05, 0) is 68.1 Å². The highest BCUT2D eigenvalue weighted by molar-refractivity contribution is 5.97. The van der Waals surface area contributed by atoms with Crippen molar-refractivity contribution in [2.75, 3.05) is 56.0 Å². The van der Waals surface area contributed by atoms with Gasteiger partial charge in [-0.3, -0.25) is 0 Å². The van der Waals surface area contributed by atoms with Crippen LogP contribution in [0.4, 0.5) is 17.1 Å². The summed E-state index contributed by atoms with van der Waals surface area (Å²) in [5, 5.41) is 0. The van der Waals surface area contributed by atoms with Crippen LogP contribution in [0.2, 0.25) is 0 Å². The van der Waals surface area contributed by atoms with Gasteiger partial charge in [-0.1, -0.05) is 38.1 Å². The fourth-order valence-electron chi connectivity index (χ4n) is 5.42. The molecular weight excluding hydrogens is 458 g/mol. The minimum absolute atomic E-state index is 0.279. The minimum Gasteiger partial charge on any atom is -0.441 e. The molecule has 196 valence electrons. The van der Waals surface area contributed by atoms with Crippen molar-refractivity contribution in [1.29, 1.82) is 0 Å². The van der Waals surface area contributed by atoms with Crippen LogP contribution in [0.15, 0.2) is 60.7 Å². The van der Waals surface area contributed by atoms with Crippen LogP contribution < -0.4 is 14.7 Å². The summed E-state index contributed by atoms with van der Waals surface area (Å²) in [7, 11) is 8.04. The van der Waals surface area contributed by atoms with Gasteiger partial charge in [0.15, 0.2) is 5.60 Å². The summed E-state index contributed by atoms with van der Waals surface area (Å²) in [5.74, 6) is 0.172. The van der Waals surface area contributed by atoms with Gasteiger partial charge in [0.05, 0.1) is 5.56 Å². The lowest BCUT2D eigenvalue weighted by Gasteiger charge is -2.34. The molecule has 0 spiro atoms. The van der Waals surface area contributed by atoms with Gasteiger partial charge in [-0.15, -0.1) is 0 Å². The van der Waals surface area contributed by atoms with Crippen molar-refractivity contribution in [3.8, 4) is 0 Å². The molecule has 0 bridgehead atoms. The second kappa shape index (κ2) is 10.5. The van der Waals surface area contributed by atoms with E-state index >= 15 is 0 Å². The maximum atomic E-state index is 13.5. The number of carbonyl (C=O) groups excluding carboxylic acids is 1. The number of esters is 1. The highest BCUT2D eigenvalue weighted by atomic mass is 16.6. The largest absolute Gasteiger partial charge is 0.441 e. The predicted molar refractivity (Wildman–Crippen MR) is 155 cm³/mol. The van der Waals surface area contributed by atoms with Crippen molar-refractivity contribution in [2.24, 2.45) is 5.92 Å². The van der Waals surface area contributed by atoms with Crippen LogP contribution >= 0.6 is 0 Å². The van der Waals surface area contributed by atoms with E-state index in [4.69, 9.17) is 4.74 Å². The molecule has 37 heavy (non-hydrogen) atoms. The molecule has 5 nitrogen and oxygen atoms in total. The van der Waals surface area contributed by atoms with Gasteiger partial charge in [-0.2, -0.15) is 0 Å². The first-order valence-corrected chi connectivity index (χ1v) is 13.3. The molecule has 0 saturated heterocycles. The van der Waals surface area contributed by atoms with E-state index in [1.807, 2.05) is 39.2 Å². The molecule has 0 aliphatic carbocycles. The Morgan fingerprint density at radius 1 is 0.757 bits per heavy atom. The molecule has 0 aromatic heterocycles. The Morgan fingerprint density at radius 3 is 1.89 bits per heavy atom. The molecule has 1 heterocycles. The number of hydrogen-bond donors (Lipinski definition) is 0. The van der Waals surface area contributed by atoms with Gasteiger partial charge in [0.1, 0.15) is 0 Å². The van der Waals surface area contributed by atoms with E-state index in [0.717, 1.165) is 47.6 Å². The van der Waals surface area contributed by atoms with E-state index in [2.05, 4.69) is 92.1 Å². The first-order valence-electron chi connectivity index (χ1n) is 13.3. The number of fused-ring (bicyclic) bond motifs is 1. The Hall–Kier alpha value is -3.47. The monoisotopic (exact) mass is 499 g/mol. The third-order valence-electron chi connectivity index (χ3n) is 7.38. The summed E-state index contributed by atoms with van der Waals surface area (Å²) < 4.78 is 6.52. The number of benzene rings is 3. The van der Waals surface area contributed by atoms with Gasteiger partial charge in [-0.25, -0.2) is 4.79 Å². The highest BCUT2D eigenvalue weighted by Crippen LogP contribution is 2.49. The second-order valence-corrected chi connectivity index (χ2v) is 10.7. The molecule has 1 atom stereocenters.